The second-order valence-electron chi connectivity index (χ2n) is 4.10. The fourth-order valence-corrected chi connectivity index (χ4v) is 1.56. The van der Waals surface area contributed by atoms with Crippen LogP contribution in [0.25, 0.3) is 0 Å². The van der Waals surface area contributed by atoms with Crippen LogP contribution in [0.4, 0.5) is 0 Å². The Morgan fingerprint density at radius 3 is 2.56 bits per heavy atom. The van der Waals surface area contributed by atoms with Crippen LogP contribution in [-0.2, 0) is 16.0 Å². The third-order valence-electron chi connectivity index (χ3n) is 2.56. The molecular weight excluding hydrogens is 200 g/mol. The van der Waals surface area contributed by atoms with E-state index in [1.54, 1.807) is 6.08 Å². The zero-order valence-electron chi connectivity index (χ0n) is 9.90. The van der Waals surface area contributed by atoms with Gasteiger partial charge in [-0.25, -0.2) is 0 Å². The Bertz CT molecular complexity index is 356. The second-order valence-corrected chi connectivity index (χ2v) is 4.10. The molecule has 1 aromatic rings. The zero-order valence-corrected chi connectivity index (χ0v) is 9.90. The molecule has 0 N–H and O–H groups in total. The number of benzene rings is 1. The lowest BCUT2D eigenvalue weighted by molar-refractivity contribution is -0.151. The van der Waals surface area contributed by atoms with Crippen molar-refractivity contribution >= 4 is 5.97 Å². The molecule has 86 valence electrons. The highest BCUT2D eigenvalue weighted by atomic mass is 16.6. The molecule has 2 nitrogen and oxygen atoms in total. The summed E-state index contributed by atoms with van der Waals surface area (Å²) in [5, 5.41) is 0. The first-order chi connectivity index (χ1) is 7.56. The molecular formula is C14H18O2. The molecule has 0 radical (unpaired) electrons. The predicted octanol–water partition coefficient (Wildman–Crippen LogP) is 3.13. The first-order valence-electron chi connectivity index (χ1n) is 5.43. The minimum absolute atomic E-state index is 0.268. The summed E-state index contributed by atoms with van der Waals surface area (Å²) in [6.07, 6.45) is 3.31. The number of rotatable bonds is 5. The zero-order chi connectivity index (χ0) is 12.0. The van der Waals surface area contributed by atoms with Gasteiger partial charge in [-0.1, -0.05) is 36.9 Å². The van der Waals surface area contributed by atoms with E-state index in [4.69, 9.17) is 4.74 Å². The molecule has 0 bridgehead atoms. The van der Waals surface area contributed by atoms with Gasteiger partial charge in [0.05, 0.1) is 0 Å². The van der Waals surface area contributed by atoms with Gasteiger partial charge in [0.1, 0.15) is 5.60 Å². The Morgan fingerprint density at radius 2 is 2.06 bits per heavy atom. The van der Waals surface area contributed by atoms with Crippen LogP contribution < -0.4 is 0 Å². The van der Waals surface area contributed by atoms with Gasteiger partial charge >= 0.3 is 5.97 Å². The summed E-state index contributed by atoms with van der Waals surface area (Å²) in [5.74, 6) is -0.268. The number of carbonyl (C=O) groups is 1. The lowest BCUT2D eigenvalue weighted by Crippen LogP contribution is -2.28. The molecule has 1 unspecified atom stereocenters. The molecule has 0 aliphatic carbocycles. The van der Waals surface area contributed by atoms with Crippen molar-refractivity contribution in [3.63, 3.8) is 0 Å². The smallest absolute Gasteiger partial charge is 0.303 e. The van der Waals surface area contributed by atoms with Gasteiger partial charge < -0.3 is 4.74 Å². The van der Waals surface area contributed by atoms with E-state index in [1.165, 1.54) is 12.5 Å². The summed E-state index contributed by atoms with van der Waals surface area (Å²) >= 11 is 0. The summed E-state index contributed by atoms with van der Waals surface area (Å²) in [6.45, 7) is 7.02. The maximum Gasteiger partial charge on any atom is 0.303 e. The molecule has 0 fully saturated rings. The highest BCUT2D eigenvalue weighted by Gasteiger charge is 2.23. The number of ether oxygens (including phenoxy) is 1. The van der Waals surface area contributed by atoms with Gasteiger partial charge in [0.15, 0.2) is 0 Å². The number of carbonyl (C=O) groups excluding carboxylic acids is 1. The summed E-state index contributed by atoms with van der Waals surface area (Å²) < 4.78 is 5.25. The van der Waals surface area contributed by atoms with Crippen molar-refractivity contribution in [3.05, 3.63) is 48.6 Å². The maximum absolute atomic E-state index is 11.0. The van der Waals surface area contributed by atoms with Crippen molar-refractivity contribution in [1.82, 2.24) is 0 Å². The van der Waals surface area contributed by atoms with Gasteiger partial charge in [0, 0.05) is 6.92 Å². The Kier molecular flexibility index (Phi) is 4.29. The Labute approximate surface area is 96.9 Å². The van der Waals surface area contributed by atoms with Crippen molar-refractivity contribution in [2.75, 3.05) is 0 Å². The van der Waals surface area contributed by atoms with Crippen molar-refractivity contribution in [1.29, 1.82) is 0 Å². The fourth-order valence-electron chi connectivity index (χ4n) is 1.56. The first kappa shape index (κ1) is 12.5. The first-order valence-corrected chi connectivity index (χ1v) is 5.43. The molecule has 1 aromatic carbocycles. The van der Waals surface area contributed by atoms with E-state index in [-0.39, 0.29) is 5.97 Å². The average molecular weight is 218 g/mol. The largest absolute Gasteiger partial charge is 0.455 e. The summed E-state index contributed by atoms with van der Waals surface area (Å²) in [5.41, 5.74) is 0.671. The standard InChI is InChI=1S/C14H18O2/c1-4-14(3,16-12(2)15)11-10-13-8-6-5-7-9-13/h4-9H,1,10-11H2,2-3H3. The minimum atomic E-state index is -0.568. The van der Waals surface area contributed by atoms with Gasteiger partial charge in [-0.3, -0.25) is 4.79 Å². The van der Waals surface area contributed by atoms with Crippen LogP contribution in [0.2, 0.25) is 0 Å². The predicted molar refractivity (Wildman–Crippen MR) is 65.1 cm³/mol. The number of esters is 1. The van der Waals surface area contributed by atoms with Crippen molar-refractivity contribution in [2.24, 2.45) is 0 Å². The molecule has 0 spiro atoms. The summed E-state index contributed by atoms with van der Waals surface area (Å²) in [7, 11) is 0. The Hall–Kier alpha value is -1.57. The number of hydrogen-bond acceptors (Lipinski definition) is 2. The molecule has 0 saturated carbocycles. The van der Waals surface area contributed by atoms with Crippen LogP contribution in [0, 0.1) is 0 Å². The number of hydrogen-bond donors (Lipinski definition) is 0. The molecule has 16 heavy (non-hydrogen) atoms. The van der Waals surface area contributed by atoms with Crippen LogP contribution in [-0.4, -0.2) is 11.6 Å². The highest BCUT2D eigenvalue weighted by Crippen LogP contribution is 2.20. The van der Waals surface area contributed by atoms with Crippen LogP contribution in [0.1, 0.15) is 25.8 Å². The van der Waals surface area contributed by atoms with E-state index < -0.39 is 5.60 Å². The van der Waals surface area contributed by atoms with Gasteiger partial charge in [-0.2, -0.15) is 0 Å². The molecule has 0 aliphatic rings. The van der Waals surface area contributed by atoms with E-state index in [2.05, 4.69) is 18.7 Å². The molecule has 0 aromatic heterocycles. The van der Waals surface area contributed by atoms with Crippen LogP contribution in [0.3, 0.4) is 0 Å². The molecule has 1 atom stereocenters. The lowest BCUT2D eigenvalue weighted by atomic mass is 9.96. The maximum atomic E-state index is 11.0. The third-order valence-corrected chi connectivity index (χ3v) is 2.56. The van der Waals surface area contributed by atoms with Crippen molar-refractivity contribution in [3.8, 4) is 0 Å². The molecule has 2 heteroatoms. The second kappa shape index (κ2) is 5.50. The van der Waals surface area contributed by atoms with Crippen molar-refractivity contribution < 1.29 is 9.53 Å². The average Bonchev–Trinajstić information content (AvgIpc) is 2.27. The van der Waals surface area contributed by atoms with Crippen LogP contribution >= 0.6 is 0 Å². The molecule has 0 aliphatic heterocycles. The van der Waals surface area contributed by atoms with E-state index in [0.717, 1.165) is 12.8 Å². The van der Waals surface area contributed by atoms with E-state index >= 15 is 0 Å². The SMILES string of the molecule is C=CC(C)(CCc1ccccc1)OC(C)=O. The van der Waals surface area contributed by atoms with Gasteiger partial charge in [0.25, 0.3) is 0 Å². The lowest BCUT2D eigenvalue weighted by Gasteiger charge is -2.25. The summed E-state index contributed by atoms with van der Waals surface area (Å²) in [4.78, 5) is 11.0. The molecule has 1 rings (SSSR count). The minimum Gasteiger partial charge on any atom is -0.455 e. The van der Waals surface area contributed by atoms with E-state index in [0.29, 0.717) is 0 Å². The van der Waals surface area contributed by atoms with Gasteiger partial charge in [-0.15, -0.1) is 0 Å². The van der Waals surface area contributed by atoms with E-state index in [9.17, 15) is 4.79 Å². The highest BCUT2D eigenvalue weighted by molar-refractivity contribution is 5.66. The molecule has 0 saturated heterocycles. The summed E-state index contributed by atoms with van der Waals surface area (Å²) in [6, 6.07) is 10.1. The quantitative estimate of drug-likeness (QED) is 0.560. The van der Waals surface area contributed by atoms with Crippen LogP contribution in [0.5, 0.6) is 0 Å². The molecule has 0 heterocycles. The Balaban J connectivity index is 2.58. The van der Waals surface area contributed by atoms with E-state index in [1.807, 2.05) is 25.1 Å². The fraction of sp³-hybridized carbons (Fsp3) is 0.357. The number of aryl methyl sites for hydroxylation is 1. The normalized spacial score (nSPS) is 13.9. The molecule has 0 amide bonds. The van der Waals surface area contributed by atoms with Gasteiger partial charge in [0.2, 0.25) is 0 Å². The topological polar surface area (TPSA) is 26.3 Å². The third kappa shape index (κ3) is 3.89. The van der Waals surface area contributed by atoms with Gasteiger partial charge in [-0.05, 0) is 31.4 Å². The Morgan fingerprint density at radius 1 is 1.44 bits per heavy atom. The van der Waals surface area contributed by atoms with Crippen molar-refractivity contribution in [2.45, 2.75) is 32.3 Å². The van der Waals surface area contributed by atoms with Crippen LogP contribution in [0.15, 0.2) is 43.0 Å². The monoisotopic (exact) mass is 218 g/mol.